The first-order valence-electron chi connectivity index (χ1n) is 11.2. The molecule has 1 fully saturated rings. The topological polar surface area (TPSA) is 78.5 Å². The van der Waals surface area contributed by atoms with Crippen LogP contribution in [0.1, 0.15) is 37.3 Å². The molecule has 3 amide bonds. The van der Waals surface area contributed by atoms with Crippen LogP contribution in [0.4, 0.5) is 8.78 Å². The van der Waals surface area contributed by atoms with Gasteiger partial charge in [0.25, 0.3) is 0 Å². The van der Waals surface area contributed by atoms with Crippen LogP contribution in [0.3, 0.4) is 0 Å². The lowest BCUT2D eigenvalue weighted by molar-refractivity contribution is -0.136. The first-order valence-corrected chi connectivity index (χ1v) is 11.2. The Morgan fingerprint density at radius 1 is 1.06 bits per heavy atom. The fraction of sp³-hybridized carbons (Fsp3) is 0.400. The van der Waals surface area contributed by atoms with Crippen molar-refractivity contribution in [1.82, 2.24) is 15.5 Å². The third kappa shape index (κ3) is 7.37. The van der Waals surface area contributed by atoms with Crippen LogP contribution < -0.4 is 10.6 Å². The largest absolute Gasteiger partial charge is 0.344 e. The quantitative estimate of drug-likeness (QED) is 0.640. The number of benzene rings is 2. The van der Waals surface area contributed by atoms with Crippen LogP contribution >= 0.6 is 0 Å². The molecule has 33 heavy (non-hydrogen) atoms. The summed E-state index contributed by atoms with van der Waals surface area (Å²) in [5.74, 6) is -2.68. The van der Waals surface area contributed by atoms with Crippen LogP contribution in [0.25, 0.3) is 0 Å². The molecule has 0 aliphatic carbocycles. The molecule has 0 saturated carbocycles. The summed E-state index contributed by atoms with van der Waals surface area (Å²) in [6.45, 7) is 2.73. The zero-order valence-corrected chi connectivity index (χ0v) is 18.7. The van der Waals surface area contributed by atoms with Crippen molar-refractivity contribution in [3.63, 3.8) is 0 Å². The SMILES string of the molecule is C[C@H](NC(=O)Cc1cc(F)cc(F)c1)C(=O)N[C@H]1CCCCN(CCc2ccccc2)C1=O. The van der Waals surface area contributed by atoms with E-state index in [1.807, 2.05) is 30.3 Å². The van der Waals surface area contributed by atoms with Gasteiger partial charge in [0, 0.05) is 19.2 Å². The first kappa shape index (κ1) is 24.4. The highest BCUT2D eigenvalue weighted by Crippen LogP contribution is 2.14. The molecule has 1 heterocycles. The average molecular weight is 458 g/mol. The molecule has 2 aromatic rings. The fourth-order valence-corrected chi connectivity index (χ4v) is 3.92. The highest BCUT2D eigenvalue weighted by Gasteiger charge is 2.29. The van der Waals surface area contributed by atoms with Crippen LogP contribution in [0.2, 0.25) is 0 Å². The lowest BCUT2D eigenvalue weighted by atomic mass is 10.1. The molecule has 1 aliphatic rings. The standard InChI is InChI=1S/C25H29F2N3O3/c1-17(28-23(31)15-19-13-20(26)16-21(27)14-19)24(32)29-22-9-5-6-11-30(25(22)33)12-10-18-7-3-2-4-8-18/h2-4,7-8,13-14,16-17,22H,5-6,9-12,15H2,1H3,(H,28,31)(H,29,32)/t17-,22-/m0/s1. The first-order chi connectivity index (χ1) is 15.8. The molecular weight excluding hydrogens is 428 g/mol. The minimum Gasteiger partial charge on any atom is -0.344 e. The smallest absolute Gasteiger partial charge is 0.245 e. The van der Waals surface area contributed by atoms with Gasteiger partial charge >= 0.3 is 0 Å². The summed E-state index contributed by atoms with van der Waals surface area (Å²) in [5.41, 5.74) is 1.32. The Hall–Kier alpha value is -3.29. The third-order valence-corrected chi connectivity index (χ3v) is 5.67. The second-order valence-corrected chi connectivity index (χ2v) is 8.36. The number of nitrogens with one attached hydrogen (secondary N) is 2. The van der Waals surface area contributed by atoms with E-state index in [0.717, 1.165) is 43.0 Å². The highest BCUT2D eigenvalue weighted by molar-refractivity contribution is 5.92. The molecule has 3 rings (SSSR count). The summed E-state index contributed by atoms with van der Waals surface area (Å²) in [5, 5.41) is 5.28. The van der Waals surface area contributed by atoms with Crippen LogP contribution in [-0.4, -0.2) is 47.8 Å². The van der Waals surface area contributed by atoms with Crippen LogP contribution in [0.15, 0.2) is 48.5 Å². The van der Waals surface area contributed by atoms with E-state index in [2.05, 4.69) is 10.6 Å². The molecule has 1 saturated heterocycles. The van der Waals surface area contributed by atoms with Crippen molar-refractivity contribution < 1.29 is 23.2 Å². The van der Waals surface area contributed by atoms with Gasteiger partial charge in [-0.1, -0.05) is 30.3 Å². The zero-order valence-electron chi connectivity index (χ0n) is 18.7. The van der Waals surface area contributed by atoms with Gasteiger partial charge in [0.05, 0.1) is 6.42 Å². The maximum atomic E-state index is 13.3. The number of carbonyl (C=O) groups is 3. The zero-order chi connectivity index (χ0) is 23.8. The van der Waals surface area contributed by atoms with Gasteiger partial charge in [0.2, 0.25) is 17.7 Å². The van der Waals surface area contributed by atoms with E-state index in [1.54, 1.807) is 4.90 Å². The summed E-state index contributed by atoms with van der Waals surface area (Å²) in [7, 11) is 0. The number of nitrogens with zero attached hydrogens (tertiary/aromatic N) is 1. The predicted molar refractivity (Wildman–Crippen MR) is 120 cm³/mol. The third-order valence-electron chi connectivity index (χ3n) is 5.67. The normalized spacial score (nSPS) is 17.2. The minimum absolute atomic E-state index is 0.120. The number of hydrogen-bond acceptors (Lipinski definition) is 3. The van der Waals surface area contributed by atoms with E-state index in [1.165, 1.54) is 6.92 Å². The van der Waals surface area contributed by atoms with E-state index < -0.39 is 35.5 Å². The Balaban J connectivity index is 1.52. The van der Waals surface area contributed by atoms with Gasteiger partial charge in [0.1, 0.15) is 23.7 Å². The van der Waals surface area contributed by atoms with Crippen molar-refractivity contribution >= 4 is 17.7 Å². The lowest BCUT2D eigenvalue weighted by Crippen LogP contribution is -2.53. The average Bonchev–Trinajstić information content (AvgIpc) is 2.93. The van der Waals surface area contributed by atoms with E-state index in [-0.39, 0.29) is 17.9 Å². The molecule has 6 nitrogen and oxygen atoms in total. The van der Waals surface area contributed by atoms with Crippen molar-refractivity contribution in [3.8, 4) is 0 Å². The maximum Gasteiger partial charge on any atom is 0.245 e. The molecule has 0 aromatic heterocycles. The van der Waals surface area contributed by atoms with E-state index in [9.17, 15) is 23.2 Å². The van der Waals surface area contributed by atoms with Crippen molar-refractivity contribution in [3.05, 3.63) is 71.3 Å². The highest BCUT2D eigenvalue weighted by atomic mass is 19.1. The Labute approximate surface area is 192 Å². The number of rotatable bonds is 8. The molecule has 0 radical (unpaired) electrons. The Bertz CT molecular complexity index is 964. The Kier molecular flexibility index (Phi) is 8.52. The molecule has 2 N–H and O–H groups in total. The van der Waals surface area contributed by atoms with Crippen molar-refractivity contribution in [1.29, 1.82) is 0 Å². The van der Waals surface area contributed by atoms with Crippen LogP contribution in [0, 0.1) is 11.6 Å². The lowest BCUT2D eigenvalue weighted by Gasteiger charge is -2.26. The molecule has 1 aliphatic heterocycles. The molecule has 0 bridgehead atoms. The fourth-order valence-electron chi connectivity index (χ4n) is 3.92. The summed E-state index contributed by atoms with van der Waals surface area (Å²) in [4.78, 5) is 39.6. The Morgan fingerprint density at radius 2 is 1.76 bits per heavy atom. The van der Waals surface area contributed by atoms with Crippen molar-refractivity contribution in [2.45, 2.75) is 51.1 Å². The molecule has 176 valence electrons. The van der Waals surface area contributed by atoms with Crippen molar-refractivity contribution in [2.75, 3.05) is 13.1 Å². The second kappa shape index (κ2) is 11.5. The number of hydrogen-bond donors (Lipinski definition) is 2. The van der Waals surface area contributed by atoms with Gasteiger partial charge in [-0.25, -0.2) is 8.78 Å². The monoisotopic (exact) mass is 457 g/mol. The molecule has 2 aromatic carbocycles. The van der Waals surface area contributed by atoms with Gasteiger partial charge in [0.15, 0.2) is 0 Å². The van der Waals surface area contributed by atoms with E-state index in [4.69, 9.17) is 0 Å². The number of carbonyl (C=O) groups excluding carboxylic acids is 3. The predicted octanol–water partition coefficient (Wildman–Crippen LogP) is 2.75. The maximum absolute atomic E-state index is 13.3. The van der Waals surface area contributed by atoms with Gasteiger partial charge in [-0.15, -0.1) is 0 Å². The second-order valence-electron chi connectivity index (χ2n) is 8.36. The van der Waals surface area contributed by atoms with Gasteiger partial charge in [-0.2, -0.15) is 0 Å². The summed E-state index contributed by atoms with van der Waals surface area (Å²) in [6, 6.07) is 11.2. The number of amides is 3. The number of likely N-dealkylation sites (tertiary alicyclic amines) is 1. The molecule has 2 atom stereocenters. The Morgan fingerprint density at radius 3 is 2.45 bits per heavy atom. The van der Waals surface area contributed by atoms with E-state index in [0.29, 0.717) is 19.5 Å². The summed E-state index contributed by atoms with van der Waals surface area (Å²) in [6.07, 6.45) is 2.69. The van der Waals surface area contributed by atoms with Gasteiger partial charge < -0.3 is 15.5 Å². The van der Waals surface area contributed by atoms with Gasteiger partial charge in [-0.3, -0.25) is 14.4 Å². The van der Waals surface area contributed by atoms with Crippen LogP contribution in [-0.2, 0) is 27.2 Å². The molecule has 0 unspecified atom stereocenters. The number of halogens is 2. The van der Waals surface area contributed by atoms with Crippen LogP contribution in [0.5, 0.6) is 0 Å². The van der Waals surface area contributed by atoms with Gasteiger partial charge in [-0.05, 0) is 55.9 Å². The summed E-state index contributed by atoms with van der Waals surface area (Å²) >= 11 is 0. The summed E-state index contributed by atoms with van der Waals surface area (Å²) < 4.78 is 26.6. The van der Waals surface area contributed by atoms with E-state index >= 15 is 0 Å². The molecular formula is C25H29F2N3O3. The minimum atomic E-state index is -0.898. The molecule has 8 heteroatoms. The molecule has 0 spiro atoms. The van der Waals surface area contributed by atoms with Crippen molar-refractivity contribution in [2.24, 2.45) is 0 Å².